The van der Waals surface area contributed by atoms with Crippen molar-refractivity contribution in [3.8, 4) is 0 Å². The number of carbonyl (C=O) groups excluding carboxylic acids is 1. The fraction of sp³-hybridized carbons (Fsp3) is 0.800. The van der Waals surface area contributed by atoms with E-state index in [4.69, 9.17) is 0 Å². The lowest BCUT2D eigenvalue weighted by atomic mass is 9.71. The standard InChI is InChI=1S/C5H11BNO/c1-4(8)5(6-2)7-3/h5,7H,1-3H3. The normalized spacial score (nSPS) is 12.9. The van der Waals surface area contributed by atoms with E-state index in [-0.39, 0.29) is 11.7 Å². The lowest BCUT2D eigenvalue weighted by molar-refractivity contribution is -0.117. The Balaban J connectivity index is 3.52. The molecule has 45 valence electrons. The second-order valence-corrected chi connectivity index (χ2v) is 1.71. The fourth-order valence-corrected chi connectivity index (χ4v) is 0.605. The Morgan fingerprint density at radius 1 is 1.75 bits per heavy atom. The molecule has 0 aromatic carbocycles. The van der Waals surface area contributed by atoms with Gasteiger partial charge in [0.05, 0.1) is 0 Å². The number of ketones is 1. The summed E-state index contributed by atoms with van der Waals surface area (Å²) in [5, 5.41) is 2.85. The van der Waals surface area contributed by atoms with E-state index in [2.05, 4.69) is 5.32 Å². The van der Waals surface area contributed by atoms with Crippen LogP contribution in [0.1, 0.15) is 6.92 Å². The molecule has 0 aromatic heterocycles. The minimum atomic E-state index is -0.0602. The molecule has 0 spiro atoms. The molecule has 1 unspecified atom stereocenters. The smallest absolute Gasteiger partial charge is 0.139 e. The molecule has 2 nitrogen and oxygen atoms in total. The van der Waals surface area contributed by atoms with Gasteiger partial charge >= 0.3 is 0 Å². The van der Waals surface area contributed by atoms with Crippen molar-refractivity contribution in [1.29, 1.82) is 0 Å². The van der Waals surface area contributed by atoms with Crippen molar-refractivity contribution in [2.24, 2.45) is 0 Å². The van der Waals surface area contributed by atoms with E-state index >= 15 is 0 Å². The van der Waals surface area contributed by atoms with E-state index < -0.39 is 0 Å². The number of hydrogen-bond donors (Lipinski definition) is 1. The molecule has 0 rings (SSSR count). The highest BCUT2D eigenvalue weighted by atomic mass is 16.1. The number of carbonyl (C=O) groups is 1. The number of nitrogens with one attached hydrogen (secondary N) is 1. The molecule has 0 aliphatic rings. The van der Waals surface area contributed by atoms with Crippen LogP contribution >= 0.6 is 0 Å². The van der Waals surface area contributed by atoms with Crippen molar-refractivity contribution < 1.29 is 4.79 Å². The SMILES string of the molecule is C[B]C(NC)C(C)=O. The minimum Gasteiger partial charge on any atom is -0.318 e. The predicted molar refractivity (Wildman–Crippen MR) is 35.1 cm³/mol. The molecule has 0 heterocycles. The third-order valence-corrected chi connectivity index (χ3v) is 1.08. The Hall–Kier alpha value is -0.305. The summed E-state index contributed by atoms with van der Waals surface area (Å²) in [7, 11) is 3.61. The van der Waals surface area contributed by atoms with E-state index in [0.717, 1.165) is 0 Å². The molecule has 0 saturated heterocycles. The molecule has 0 aliphatic heterocycles. The number of Topliss-reactive ketones (excluding diaryl/α,β-unsaturated/α-hetero) is 1. The van der Waals surface area contributed by atoms with Crippen LogP contribution in [0.25, 0.3) is 0 Å². The molecule has 1 N–H and O–H groups in total. The topological polar surface area (TPSA) is 29.1 Å². The molecule has 1 radical (unpaired) electrons. The summed E-state index contributed by atoms with van der Waals surface area (Å²) in [5.41, 5.74) is 0. The summed E-state index contributed by atoms with van der Waals surface area (Å²) < 4.78 is 0. The van der Waals surface area contributed by atoms with Crippen LogP contribution in [-0.2, 0) is 4.79 Å². The summed E-state index contributed by atoms with van der Waals surface area (Å²) in [6.45, 7) is 3.43. The predicted octanol–water partition coefficient (Wildman–Crippen LogP) is -0.127. The monoisotopic (exact) mass is 112 g/mol. The van der Waals surface area contributed by atoms with Gasteiger partial charge in [0.25, 0.3) is 0 Å². The molecule has 3 heteroatoms. The zero-order valence-corrected chi connectivity index (χ0v) is 5.56. The van der Waals surface area contributed by atoms with Crippen LogP contribution in [0.4, 0.5) is 0 Å². The van der Waals surface area contributed by atoms with Crippen LogP contribution in [0, 0.1) is 0 Å². The van der Waals surface area contributed by atoms with Gasteiger partial charge in [-0.3, -0.25) is 4.79 Å². The van der Waals surface area contributed by atoms with Gasteiger partial charge in [0, 0.05) is 5.94 Å². The van der Waals surface area contributed by atoms with Crippen LogP contribution in [0.2, 0.25) is 6.82 Å². The molecule has 0 fully saturated rings. The highest BCUT2D eigenvalue weighted by molar-refractivity contribution is 6.42. The number of rotatable bonds is 3. The van der Waals surface area contributed by atoms with Gasteiger partial charge in [0.1, 0.15) is 13.1 Å². The van der Waals surface area contributed by atoms with Crippen LogP contribution < -0.4 is 5.32 Å². The van der Waals surface area contributed by atoms with Gasteiger partial charge in [-0.05, 0) is 14.0 Å². The molecular formula is C5H11BNO. The molecule has 0 aliphatic carbocycles. The maximum absolute atomic E-state index is 10.5. The minimum absolute atomic E-state index is 0.0602. The average Bonchev–Trinajstić information content (AvgIpc) is 1.69. The molecular weight excluding hydrogens is 101 g/mol. The van der Waals surface area contributed by atoms with Gasteiger partial charge in [-0.15, -0.1) is 0 Å². The lowest BCUT2D eigenvalue weighted by Crippen LogP contribution is -2.36. The highest BCUT2D eigenvalue weighted by Crippen LogP contribution is 1.79. The fourth-order valence-electron chi connectivity index (χ4n) is 0.605. The Morgan fingerprint density at radius 3 is 2.25 bits per heavy atom. The summed E-state index contributed by atoms with van der Waals surface area (Å²) in [5.74, 6) is 0.102. The molecule has 0 aromatic rings. The van der Waals surface area contributed by atoms with Crippen LogP contribution in [-0.4, -0.2) is 26.1 Å². The molecule has 0 bridgehead atoms. The van der Waals surface area contributed by atoms with Crippen LogP contribution in [0.3, 0.4) is 0 Å². The first-order chi connectivity index (χ1) is 3.72. The van der Waals surface area contributed by atoms with Crippen molar-refractivity contribution in [2.45, 2.75) is 19.7 Å². The maximum Gasteiger partial charge on any atom is 0.139 e. The van der Waals surface area contributed by atoms with Crippen LogP contribution in [0.15, 0.2) is 0 Å². The number of hydrogen-bond acceptors (Lipinski definition) is 2. The lowest BCUT2D eigenvalue weighted by Gasteiger charge is -2.06. The first-order valence-corrected chi connectivity index (χ1v) is 2.69. The molecule has 0 amide bonds. The molecule has 8 heavy (non-hydrogen) atoms. The Morgan fingerprint density at radius 2 is 2.25 bits per heavy atom. The van der Waals surface area contributed by atoms with Gasteiger partial charge in [-0.1, -0.05) is 6.82 Å². The van der Waals surface area contributed by atoms with Gasteiger partial charge in [0.2, 0.25) is 0 Å². The third kappa shape index (κ3) is 2.12. The van der Waals surface area contributed by atoms with Gasteiger partial charge in [-0.2, -0.15) is 0 Å². The highest BCUT2D eigenvalue weighted by Gasteiger charge is 2.06. The van der Waals surface area contributed by atoms with Crippen molar-refractivity contribution in [1.82, 2.24) is 5.32 Å². The number of likely N-dealkylation sites (N-methyl/N-ethyl adjacent to an activating group) is 1. The van der Waals surface area contributed by atoms with Gasteiger partial charge in [0.15, 0.2) is 0 Å². The first-order valence-electron chi connectivity index (χ1n) is 2.69. The van der Waals surface area contributed by atoms with Gasteiger partial charge in [-0.25, -0.2) is 0 Å². The van der Waals surface area contributed by atoms with Gasteiger partial charge < -0.3 is 5.32 Å². The molecule has 1 atom stereocenters. The summed E-state index contributed by atoms with van der Waals surface area (Å²) in [4.78, 5) is 10.5. The molecule has 0 saturated carbocycles. The largest absolute Gasteiger partial charge is 0.318 e. The second kappa shape index (κ2) is 3.67. The summed E-state index contributed by atoms with van der Waals surface area (Å²) in [6, 6.07) is 0. The van der Waals surface area contributed by atoms with E-state index in [1.54, 1.807) is 14.0 Å². The van der Waals surface area contributed by atoms with Crippen molar-refractivity contribution in [3.63, 3.8) is 0 Å². The Labute approximate surface area is 50.9 Å². The maximum atomic E-state index is 10.5. The Kier molecular flexibility index (Phi) is 3.53. The zero-order chi connectivity index (χ0) is 6.57. The summed E-state index contributed by atoms with van der Waals surface area (Å²) in [6.07, 6.45) is 0. The second-order valence-electron chi connectivity index (χ2n) is 1.71. The summed E-state index contributed by atoms with van der Waals surface area (Å²) >= 11 is 0. The van der Waals surface area contributed by atoms with Crippen molar-refractivity contribution in [3.05, 3.63) is 0 Å². The van der Waals surface area contributed by atoms with Crippen molar-refractivity contribution in [2.75, 3.05) is 7.05 Å². The first kappa shape index (κ1) is 7.69. The van der Waals surface area contributed by atoms with E-state index in [9.17, 15) is 4.79 Å². The third-order valence-electron chi connectivity index (χ3n) is 1.08. The Bertz CT molecular complexity index is 80.5. The van der Waals surface area contributed by atoms with E-state index in [1.165, 1.54) is 0 Å². The quantitative estimate of drug-likeness (QED) is 0.515. The van der Waals surface area contributed by atoms with Crippen molar-refractivity contribution >= 4 is 13.1 Å². The van der Waals surface area contributed by atoms with E-state index in [1.807, 2.05) is 14.1 Å². The van der Waals surface area contributed by atoms with Crippen LogP contribution in [0.5, 0.6) is 0 Å². The average molecular weight is 112 g/mol. The van der Waals surface area contributed by atoms with E-state index in [0.29, 0.717) is 0 Å². The zero-order valence-electron chi connectivity index (χ0n) is 5.56.